The van der Waals surface area contributed by atoms with E-state index in [1.807, 2.05) is 0 Å². The van der Waals surface area contributed by atoms with Crippen LogP contribution in [0.5, 0.6) is 0 Å². The minimum absolute atomic E-state index is 0.602. The van der Waals surface area contributed by atoms with Crippen molar-refractivity contribution in [2.24, 2.45) is 5.73 Å². The van der Waals surface area contributed by atoms with E-state index in [1.165, 1.54) is 0 Å². The predicted molar refractivity (Wildman–Crippen MR) is 39.4 cm³/mol. The van der Waals surface area contributed by atoms with Crippen LogP contribution in [0, 0.1) is 0 Å². The molecule has 0 spiro atoms. The van der Waals surface area contributed by atoms with Crippen LogP contribution >= 0.6 is 0 Å². The van der Waals surface area contributed by atoms with Crippen molar-refractivity contribution >= 4 is 16.1 Å². The summed E-state index contributed by atoms with van der Waals surface area (Å²) in [4.78, 5) is 10.3. The van der Waals surface area contributed by atoms with Gasteiger partial charge < -0.3 is 10.8 Å². The summed E-state index contributed by atoms with van der Waals surface area (Å²) in [6, 6.07) is 0. The minimum atomic E-state index is -4.54. The largest absolute Gasteiger partial charge is 0.480 e. The van der Waals surface area contributed by atoms with Gasteiger partial charge in [-0.15, -0.1) is 0 Å². The van der Waals surface area contributed by atoms with Crippen molar-refractivity contribution in [3.05, 3.63) is 0 Å². The van der Waals surface area contributed by atoms with Crippen molar-refractivity contribution in [3.8, 4) is 0 Å². The van der Waals surface area contributed by atoms with Crippen molar-refractivity contribution in [2.75, 3.05) is 5.75 Å². The molecular formula is C5H8FNO5S. The number of hydrogen-bond donors (Lipinski definition) is 3. The second kappa shape index (κ2) is 2.40. The number of nitrogens with two attached hydrogens (primary N) is 1. The first-order chi connectivity index (χ1) is 5.61. The molecule has 0 amide bonds. The van der Waals surface area contributed by atoms with Gasteiger partial charge in [-0.25, -0.2) is 4.39 Å². The van der Waals surface area contributed by atoms with E-state index in [4.69, 9.17) is 15.4 Å². The maximum Gasteiger partial charge on any atom is 0.327 e. The van der Waals surface area contributed by atoms with Crippen molar-refractivity contribution in [3.63, 3.8) is 0 Å². The van der Waals surface area contributed by atoms with E-state index >= 15 is 0 Å². The van der Waals surface area contributed by atoms with Crippen molar-refractivity contribution in [2.45, 2.75) is 17.6 Å². The number of hydrogen-bond acceptors (Lipinski definition) is 4. The number of rotatable bonds is 3. The third-order valence-electron chi connectivity index (χ3n) is 2.03. The van der Waals surface area contributed by atoms with Gasteiger partial charge in [0.25, 0.3) is 10.1 Å². The van der Waals surface area contributed by atoms with Gasteiger partial charge in [-0.2, -0.15) is 8.42 Å². The van der Waals surface area contributed by atoms with Crippen LogP contribution in [0.3, 0.4) is 0 Å². The third-order valence-corrected chi connectivity index (χ3v) is 2.85. The van der Waals surface area contributed by atoms with Crippen LogP contribution in [0.1, 0.15) is 6.42 Å². The van der Waals surface area contributed by atoms with Crippen molar-refractivity contribution in [1.82, 2.24) is 0 Å². The first-order valence-corrected chi connectivity index (χ1v) is 4.88. The number of alkyl halides is 1. The maximum atomic E-state index is 13.3. The summed E-state index contributed by atoms with van der Waals surface area (Å²) < 4.78 is 42.1. The number of carboxylic acids is 1. The van der Waals surface area contributed by atoms with Crippen LogP contribution in [0.25, 0.3) is 0 Å². The van der Waals surface area contributed by atoms with E-state index in [9.17, 15) is 17.6 Å². The molecule has 2 atom stereocenters. The fourth-order valence-corrected chi connectivity index (χ4v) is 2.07. The second-order valence-corrected chi connectivity index (χ2v) is 4.60. The first-order valence-electron chi connectivity index (χ1n) is 3.27. The molecule has 1 aliphatic carbocycles. The van der Waals surface area contributed by atoms with Gasteiger partial charge in [-0.3, -0.25) is 9.35 Å². The zero-order valence-electron chi connectivity index (χ0n) is 6.40. The molecule has 0 heterocycles. The van der Waals surface area contributed by atoms with Gasteiger partial charge in [0.05, 0.1) is 0 Å². The van der Waals surface area contributed by atoms with Gasteiger partial charge in [0.15, 0.2) is 11.2 Å². The Balaban J connectivity index is 2.82. The molecule has 0 aromatic rings. The van der Waals surface area contributed by atoms with E-state index in [1.54, 1.807) is 0 Å². The highest BCUT2D eigenvalue weighted by Gasteiger charge is 2.73. The smallest absolute Gasteiger partial charge is 0.327 e. The van der Waals surface area contributed by atoms with E-state index in [0.29, 0.717) is 0 Å². The molecule has 6 nitrogen and oxygen atoms in total. The maximum absolute atomic E-state index is 13.3. The van der Waals surface area contributed by atoms with Gasteiger partial charge in [0.1, 0.15) is 5.75 Å². The molecule has 0 aliphatic heterocycles. The first kappa shape index (κ1) is 10.4. The second-order valence-electron chi connectivity index (χ2n) is 3.14. The molecule has 0 unspecified atom stereocenters. The highest BCUT2D eigenvalue weighted by atomic mass is 32.2. The lowest BCUT2D eigenvalue weighted by Gasteiger charge is -2.08. The molecule has 1 aliphatic rings. The van der Waals surface area contributed by atoms with Crippen LogP contribution < -0.4 is 5.73 Å². The Morgan fingerprint density at radius 1 is 1.62 bits per heavy atom. The molecule has 0 aromatic heterocycles. The fourth-order valence-electron chi connectivity index (χ4n) is 1.13. The van der Waals surface area contributed by atoms with Gasteiger partial charge in [-0.1, -0.05) is 0 Å². The Hall–Kier alpha value is -0.730. The fraction of sp³-hybridized carbons (Fsp3) is 0.800. The molecule has 0 saturated heterocycles. The minimum Gasteiger partial charge on any atom is -0.480 e. The molecule has 1 saturated carbocycles. The normalized spacial score (nSPS) is 38.7. The average molecular weight is 213 g/mol. The molecule has 13 heavy (non-hydrogen) atoms. The van der Waals surface area contributed by atoms with Crippen LogP contribution in [-0.4, -0.2) is 41.0 Å². The molecule has 0 bridgehead atoms. The molecule has 4 N–H and O–H groups in total. The van der Waals surface area contributed by atoms with Crippen LogP contribution in [0.15, 0.2) is 0 Å². The SMILES string of the molecule is N[C@@]1(C(=O)O)C[C@@]1(F)CS(=O)(=O)O. The highest BCUT2D eigenvalue weighted by Crippen LogP contribution is 2.50. The van der Waals surface area contributed by atoms with Gasteiger partial charge in [0.2, 0.25) is 0 Å². The van der Waals surface area contributed by atoms with Crippen molar-refractivity contribution < 1.29 is 27.3 Å². The Bertz CT molecular complexity index is 354. The molecular weight excluding hydrogens is 205 g/mol. The van der Waals surface area contributed by atoms with Crippen molar-refractivity contribution in [1.29, 1.82) is 0 Å². The van der Waals surface area contributed by atoms with E-state index in [2.05, 4.69) is 0 Å². The molecule has 0 aromatic carbocycles. The van der Waals surface area contributed by atoms with Gasteiger partial charge >= 0.3 is 5.97 Å². The predicted octanol–water partition coefficient (Wildman–Crippen LogP) is -1.23. The molecule has 1 rings (SSSR count). The number of aliphatic carboxylic acids is 1. The summed E-state index contributed by atoms with van der Waals surface area (Å²) in [5.74, 6) is -2.89. The van der Waals surface area contributed by atoms with Crippen LogP contribution in [0.2, 0.25) is 0 Å². The summed E-state index contributed by atoms with van der Waals surface area (Å²) >= 11 is 0. The summed E-state index contributed by atoms with van der Waals surface area (Å²) in [7, 11) is -4.54. The number of carboxylic acid groups (broad SMARTS) is 1. The molecule has 0 radical (unpaired) electrons. The average Bonchev–Trinajstić information content (AvgIpc) is 2.30. The Morgan fingerprint density at radius 2 is 2.08 bits per heavy atom. The lowest BCUT2D eigenvalue weighted by atomic mass is 10.2. The summed E-state index contributed by atoms with van der Waals surface area (Å²) in [5.41, 5.74) is 0.298. The Labute approximate surface area is 73.3 Å². The van der Waals surface area contributed by atoms with Crippen LogP contribution in [0.4, 0.5) is 4.39 Å². The van der Waals surface area contributed by atoms with Gasteiger partial charge in [0, 0.05) is 6.42 Å². The molecule has 1 fully saturated rings. The zero-order valence-corrected chi connectivity index (χ0v) is 7.21. The third kappa shape index (κ3) is 1.64. The summed E-state index contributed by atoms with van der Waals surface area (Å²) in [6.07, 6.45) is -0.602. The topological polar surface area (TPSA) is 118 Å². The summed E-state index contributed by atoms with van der Waals surface area (Å²) in [6.45, 7) is 0. The quantitative estimate of drug-likeness (QED) is 0.505. The lowest BCUT2D eigenvalue weighted by molar-refractivity contribution is -0.140. The van der Waals surface area contributed by atoms with E-state index in [-0.39, 0.29) is 0 Å². The Kier molecular flexibility index (Phi) is 1.91. The van der Waals surface area contributed by atoms with Gasteiger partial charge in [-0.05, 0) is 0 Å². The zero-order chi connectivity index (χ0) is 10.5. The van der Waals surface area contributed by atoms with E-state index < -0.39 is 39.5 Å². The standard InChI is InChI=1S/C5H8FNO5S/c6-4(2-13(10,11)12)1-5(4,7)3(8)9/h1-2,7H2,(H,8,9)(H,10,11,12)/t4-,5-/m1/s1. The monoisotopic (exact) mass is 213 g/mol. The molecule has 76 valence electrons. The highest BCUT2D eigenvalue weighted by molar-refractivity contribution is 7.85. The number of halogens is 1. The Morgan fingerprint density at radius 3 is 2.31 bits per heavy atom. The molecule has 8 heteroatoms. The van der Waals surface area contributed by atoms with E-state index in [0.717, 1.165) is 0 Å². The summed E-state index contributed by atoms with van der Waals surface area (Å²) in [5, 5.41) is 8.40. The number of carbonyl (C=O) groups is 1. The lowest BCUT2D eigenvalue weighted by Crippen LogP contribution is -2.43. The van der Waals surface area contributed by atoms with Crippen LogP contribution in [-0.2, 0) is 14.9 Å².